The van der Waals surface area contributed by atoms with Crippen molar-refractivity contribution in [1.29, 1.82) is 0 Å². The molecule has 0 bridgehead atoms. The van der Waals surface area contributed by atoms with E-state index in [1.807, 2.05) is 24.8 Å². The molecule has 1 aromatic carbocycles. The summed E-state index contributed by atoms with van der Waals surface area (Å²) in [7, 11) is 0. The Morgan fingerprint density at radius 2 is 2.00 bits per heavy atom. The number of carbonyl (C=O) groups excluding carboxylic acids is 1. The van der Waals surface area contributed by atoms with Gasteiger partial charge in [-0.2, -0.15) is 0 Å². The molecule has 0 spiro atoms. The Hall–Kier alpha value is -1.42. The second-order valence-electron chi connectivity index (χ2n) is 7.37. The number of nitrogens with zero attached hydrogens (tertiary/aromatic N) is 2. The predicted molar refractivity (Wildman–Crippen MR) is 94.4 cm³/mol. The van der Waals surface area contributed by atoms with Gasteiger partial charge in [0.1, 0.15) is 5.82 Å². The Labute approximate surface area is 144 Å². The molecule has 24 heavy (non-hydrogen) atoms. The minimum atomic E-state index is -0.0660. The van der Waals surface area contributed by atoms with E-state index in [1.54, 1.807) is 0 Å². The van der Waals surface area contributed by atoms with Crippen molar-refractivity contribution in [1.82, 2.24) is 9.80 Å². The van der Waals surface area contributed by atoms with E-state index in [9.17, 15) is 9.18 Å². The van der Waals surface area contributed by atoms with Gasteiger partial charge in [0.25, 0.3) is 0 Å². The van der Waals surface area contributed by atoms with Gasteiger partial charge in [0.15, 0.2) is 0 Å². The van der Waals surface area contributed by atoms with E-state index in [4.69, 9.17) is 0 Å². The molecule has 4 heteroatoms. The molecule has 2 aliphatic rings. The molecule has 132 valence electrons. The number of carbonyl (C=O) groups is 1. The first-order chi connectivity index (χ1) is 11.6. The molecule has 3 rings (SSSR count). The van der Waals surface area contributed by atoms with E-state index in [2.05, 4.69) is 11.0 Å². The summed E-state index contributed by atoms with van der Waals surface area (Å²) in [5.41, 5.74) is 2.61. The summed E-state index contributed by atoms with van der Waals surface area (Å²) in [4.78, 5) is 16.3. The molecular formula is C20H29FN2O. The topological polar surface area (TPSA) is 23.6 Å². The quantitative estimate of drug-likeness (QED) is 0.818. The fraction of sp³-hybridized carbons (Fsp3) is 0.650. The maximum atomic E-state index is 14.2. The highest BCUT2D eigenvalue weighted by Crippen LogP contribution is 2.25. The molecule has 0 saturated carbocycles. The van der Waals surface area contributed by atoms with Crippen LogP contribution >= 0.6 is 0 Å². The van der Waals surface area contributed by atoms with Gasteiger partial charge in [-0.05, 0) is 62.8 Å². The number of halogens is 1. The molecule has 0 radical (unpaired) electrons. The molecule has 2 saturated heterocycles. The Kier molecular flexibility index (Phi) is 5.54. The summed E-state index contributed by atoms with van der Waals surface area (Å²) in [6.45, 7) is 7.41. The zero-order valence-electron chi connectivity index (χ0n) is 15.0. The van der Waals surface area contributed by atoms with E-state index < -0.39 is 0 Å². The summed E-state index contributed by atoms with van der Waals surface area (Å²) in [6, 6.07) is 4.47. The highest BCUT2D eigenvalue weighted by atomic mass is 19.1. The van der Waals surface area contributed by atoms with Crippen molar-refractivity contribution in [2.75, 3.05) is 19.6 Å². The van der Waals surface area contributed by atoms with Crippen LogP contribution in [0.15, 0.2) is 12.1 Å². The van der Waals surface area contributed by atoms with Crippen LogP contribution in [0.3, 0.4) is 0 Å². The number of aryl methyl sites for hydroxylation is 1. The van der Waals surface area contributed by atoms with Crippen molar-refractivity contribution in [3.63, 3.8) is 0 Å². The monoisotopic (exact) mass is 332 g/mol. The molecule has 2 fully saturated rings. The molecule has 0 unspecified atom stereocenters. The normalized spacial score (nSPS) is 22.4. The third-order valence-electron chi connectivity index (χ3n) is 5.72. The first-order valence-electron chi connectivity index (χ1n) is 9.32. The Balaban J connectivity index is 1.64. The fourth-order valence-corrected chi connectivity index (χ4v) is 4.09. The molecule has 0 N–H and O–H groups in total. The predicted octanol–water partition coefficient (Wildman–Crippen LogP) is 3.81. The van der Waals surface area contributed by atoms with Crippen LogP contribution < -0.4 is 0 Å². The lowest BCUT2D eigenvalue weighted by Crippen LogP contribution is -2.41. The minimum absolute atomic E-state index is 0.0660. The number of likely N-dealkylation sites (tertiary alicyclic amines) is 2. The second kappa shape index (κ2) is 7.64. The summed E-state index contributed by atoms with van der Waals surface area (Å²) < 4.78 is 14.2. The molecule has 0 aliphatic carbocycles. The third kappa shape index (κ3) is 3.80. The van der Waals surface area contributed by atoms with Crippen LogP contribution in [0.4, 0.5) is 4.39 Å². The lowest BCUT2D eigenvalue weighted by Gasteiger charge is -2.37. The molecule has 2 heterocycles. The average Bonchev–Trinajstić information content (AvgIpc) is 2.99. The van der Waals surface area contributed by atoms with E-state index in [0.29, 0.717) is 11.9 Å². The summed E-state index contributed by atoms with van der Waals surface area (Å²) in [5.74, 6) is 0.248. The van der Waals surface area contributed by atoms with Crippen LogP contribution in [-0.4, -0.2) is 41.4 Å². The van der Waals surface area contributed by atoms with Crippen LogP contribution in [0.25, 0.3) is 0 Å². The summed E-state index contributed by atoms with van der Waals surface area (Å²) in [5, 5.41) is 0. The van der Waals surface area contributed by atoms with E-state index in [0.717, 1.165) is 62.1 Å². The van der Waals surface area contributed by atoms with E-state index in [1.165, 1.54) is 19.3 Å². The zero-order chi connectivity index (χ0) is 17.1. The Morgan fingerprint density at radius 1 is 1.17 bits per heavy atom. The Bertz CT molecular complexity index is 602. The van der Waals surface area contributed by atoms with Crippen LogP contribution in [0.2, 0.25) is 0 Å². The number of hydrogen-bond acceptors (Lipinski definition) is 2. The smallest absolute Gasteiger partial charge is 0.222 e. The highest BCUT2D eigenvalue weighted by molar-refractivity contribution is 5.78. The molecule has 2 aliphatic heterocycles. The second-order valence-corrected chi connectivity index (χ2v) is 7.37. The van der Waals surface area contributed by atoms with Gasteiger partial charge >= 0.3 is 0 Å². The van der Waals surface area contributed by atoms with Gasteiger partial charge < -0.3 is 4.90 Å². The van der Waals surface area contributed by atoms with Crippen LogP contribution in [0, 0.1) is 19.7 Å². The SMILES string of the molecule is Cc1ccc(CN2CCCC[C@@H]2CCN2CCCC2=O)c(C)c1F. The lowest BCUT2D eigenvalue weighted by molar-refractivity contribution is -0.127. The largest absolute Gasteiger partial charge is 0.343 e. The lowest BCUT2D eigenvalue weighted by atomic mass is 9.97. The van der Waals surface area contributed by atoms with Crippen molar-refractivity contribution >= 4 is 5.91 Å². The molecule has 1 aromatic rings. The first kappa shape index (κ1) is 17.4. The number of benzene rings is 1. The minimum Gasteiger partial charge on any atom is -0.343 e. The van der Waals surface area contributed by atoms with Crippen LogP contribution in [0.1, 0.15) is 55.2 Å². The van der Waals surface area contributed by atoms with Crippen LogP contribution in [0.5, 0.6) is 0 Å². The van der Waals surface area contributed by atoms with Gasteiger partial charge in [0.2, 0.25) is 5.91 Å². The standard InChI is InChI=1S/C20H29FN2O/c1-15-8-9-17(16(2)20(15)21)14-23-11-4-3-6-18(23)10-13-22-12-5-7-19(22)24/h8-9,18H,3-7,10-14H2,1-2H3/t18-/m1/s1. The van der Waals surface area contributed by atoms with Crippen molar-refractivity contribution in [3.05, 3.63) is 34.6 Å². The van der Waals surface area contributed by atoms with Gasteiger partial charge in [-0.1, -0.05) is 18.6 Å². The van der Waals surface area contributed by atoms with Crippen molar-refractivity contribution in [2.45, 2.75) is 65.0 Å². The molecule has 1 atom stereocenters. The average molecular weight is 332 g/mol. The van der Waals surface area contributed by atoms with Crippen molar-refractivity contribution in [2.24, 2.45) is 0 Å². The summed E-state index contributed by atoms with van der Waals surface area (Å²) in [6.07, 6.45) is 6.43. The first-order valence-corrected chi connectivity index (χ1v) is 9.32. The van der Waals surface area contributed by atoms with Gasteiger partial charge in [-0.25, -0.2) is 4.39 Å². The van der Waals surface area contributed by atoms with Gasteiger partial charge in [-0.15, -0.1) is 0 Å². The third-order valence-corrected chi connectivity index (χ3v) is 5.72. The number of amides is 1. The Morgan fingerprint density at radius 3 is 2.75 bits per heavy atom. The highest BCUT2D eigenvalue weighted by Gasteiger charge is 2.26. The van der Waals surface area contributed by atoms with Crippen molar-refractivity contribution in [3.8, 4) is 0 Å². The number of rotatable bonds is 5. The van der Waals surface area contributed by atoms with E-state index in [-0.39, 0.29) is 5.82 Å². The molecule has 0 aromatic heterocycles. The van der Waals surface area contributed by atoms with E-state index >= 15 is 0 Å². The maximum Gasteiger partial charge on any atom is 0.222 e. The number of hydrogen-bond donors (Lipinski definition) is 0. The maximum absolute atomic E-state index is 14.2. The van der Waals surface area contributed by atoms with Gasteiger partial charge in [-0.3, -0.25) is 9.69 Å². The van der Waals surface area contributed by atoms with Crippen molar-refractivity contribution < 1.29 is 9.18 Å². The number of piperidine rings is 1. The van der Waals surface area contributed by atoms with Gasteiger partial charge in [0.05, 0.1) is 0 Å². The molecular weight excluding hydrogens is 303 g/mol. The molecule has 3 nitrogen and oxygen atoms in total. The summed E-state index contributed by atoms with van der Waals surface area (Å²) >= 11 is 0. The van der Waals surface area contributed by atoms with Gasteiger partial charge in [0, 0.05) is 32.1 Å². The zero-order valence-corrected chi connectivity index (χ0v) is 15.0. The fourth-order valence-electron chi connectivity index (χ4n) is 4.09. The van der Waals surface area contributed by atoms with Crippen LogP contribution in [-0.2, 0) is 11.3 Å². The molecule has 1 amide bonds.